The smallest absolute Gasteiger partial charge is 0.267 e. The molecule has 13 heteroatoms. The third-order valence-electron chi connectivity index (χ3n) is 6.85. The summed E-state index contributed by atoms with van der Waals surface area (Å²) in [5.74, 6) is -0.636. The molecule has 5 rings (SSSR count). The first-order valence-corrected chi connectivity index (χ1v) is 14.6. The third kappa shape index (κ3) is 4.55. The number of aromatic nitrogens is 2. The Balaban J connectivity index is 1.57. The molecular formula is C23H25N5O5S3. The van der Waals surface area contributed by atoms with Crippen molar-refractivity contribution in [3.05, 3.63) is 44.7 Å². The largest absolute Gasteiger partial charge is 0.369 e. The zero-order valence-electron chi connectivity index (χ0n) is 19.5. The van der Waals surface area contributed by atoms with Crippen LogP contribution < -0.4 is 16.2 Å². The maximum absolute atomic E-state index is 13.6. The number of pyridine rings is 1. The number of carbonyl (C=O) groups is 2. The summed E-state index contributed by atoms with van der Waals surface area (Å²) < 4.78 is 25.7. The molecule has 2 aromatic heterocycles. The first kappa shape index (κ1) is 24.9. The number of rotatable bonds is 4. The molecule has 0 aromatic carbocycles. The van der Waals surface area contributed by atoms with Gasteiger partial charge in [-0.25, -0.2) is 13.4 Å². The van der Waals surface area contributed by atoms with Crippen LogP contribution in [-0.4, -0.2) is 69.5 Å². The number of anilines is 1. The molecule has 36 heavy (non-hydrogen) atoms. The lowest BCUT2D eigenvalue weighted by molar-refractivity contribution is -0.123. The zero-order chi connectivity index (χ0) is 25.8. The number of amides is 2. The minimum Gasteiger partial charge on any atom is -0.369 e. The van der Waals surface area contributed by atoms with E-state index in [1.54, 1.807) is 12.3 Å². The monoisotopic (exact) mass is 547 g/mol. The number of aryl methyl sites for hydroxylation is 1. The number of thiocarbonyl (C=S) groups is 1. The Labute approximate surface area is 217 Å². The van der Waals surface area contributed by atoms with E-state index >= 15 is 0 Å². The van der Waals surface area contributed by atoms with Crippen molar-refractivity contribution in [3.8, 4) is 0 Å². The van der Waals surface area contributed by atoms with Gasteiger partial charge in [0.15, 0.2) is 9.84 Å². The van der Waals surface area contributed by atoms with E-state index in [4.69, 9.17) is 22.9 Å². The first-order valence-electron chi connectivity index (χ1n) is 11.6. The molecule has 3 aliphatic rings. The van der Waals surface area contributed by atoms with Gasteiger partial charge in [0.1, 0.15) is 15.8 Å². The second kappa shape index (κ2) is 9.27. The van der Waals surface area contributed by atoms with Crippen LogP contribution in [0.4, 0.5) is 5.82 Å². The van der Waals surface area contributed by atoms with E-state index in [2.05, 4.69) is 0 Å². The van der Waals surface area contributed by atoms with E-state index in [-0.39, 0.29) is 43.7 Å². The summed E-state index contributed by atoms with van der Waals surface area (Å²) in [6.45, 7) is 2.85. The minimum atomic E-state index is -3.21. The van der Waals surface area contributed by atoms with E-state index in [1.165, 1.54) is 15.4 Å². The molecule has 3 fully saturated rings. The number of sulfone groups is 1. The van der Waals surface area contributed by atoms with Gasteiger partial charge >= 0.3 is 0 Å². The molecule has 3 aliphatic heterocycles. The van der Waals surface area contributed by atoms with Crippen LogP contribution in [-0.2, 0) is 19.4 Å². The van der Waals surface area contributed by atoms with E-state index in [1.807, 2.05) is 17.9 Å². The number of nitrogens with two attached hydrogens (primary N) is 1. The van der Waals surface area contributed by atoms with Crippen molar-refractivity contribution in [2.45, 2.75) is 32.2 Å². The zero-order valence-corrected chi connectivity index (χ0v) is 22.0. The van der Waals surface area contributed by atoms with Gasteiger partial charge < -0.3 is 10.6 Å². The van der Waals surface area contributed by atoms with Crippen LogP contribution in [0.15, 0.2) is 28.0 Å². The van der Waals surface area contributed by atoms with Gasteiger partial charge in [0.25, 0.3) is 11.5 Å². The number of hydrogen-bond acceptors (Lipinski definition) is 9. The van der Waals surface area contributed by atoms with Crippen LogP contribution in [0, 0.1) is 12.8 Å². The molecule has 190 valence electrons. The second-order valence-electron chi connectivity index (χ2n) is 9.36. The molecule has 1 unspecified atom stereocenters. The number of primary amides is 1. The maximum Gasteiger partial charge on any atom is 0.267 e. The Morgan fingerprint density at radius 2 is 1.94 bits per heavy atom. The topological polar surface area (TPSA) is 135 Å². The normalized spacial score (nSPS) is 23.8. The first-order chi connectivity index (χ1) is 17.0. The van der Waals surface area contributed by atoms with Gasteiger partial charge in [0.05, 0.1) is 28.0 Å². The van der Waals surface area contributed by atoms with Gasteiger partial charge in [-0.15, -0.1) is 0 Å². The van der Waals surface area contributed by atoms with Crippen LogP contribution >= 0.6 is 24.0 Å². The molecule has 0 bridgehead atoms. The van der Waals surface area contributed by atoms with Gasteiger partial charge in [-0.05, 0) is 43.9 Å². The lowest BCUT2D eigenvalue weighted by Gasteiger charge is -2.32. The highest BCUT2D eigenvalue weighted by Gasteiger charge is 2.42. The van der Waals surface area contributed by atoms with E-state index in [0.29, 0.717) is 43.8 Å². The molecule has 3 saturated heterocycles. The molecule has 10 nitrogen and oxygen atoms in total. The van der Waals surface area contributed by atoms with Crippen molar-refractivity contribution >= 4 is 67.5 Å². The summed E-state index contributed by atoms with van der Waals surface area (Å²) in [7, 11) is -3.21. The van der Waals surface area contributed by atoms with Crippen LogP contribution in [0.3, 0.4) is 0 Å². The van der Waals surface area contributed by atoms with Gasteiger partial charge in [-0.1, -0.05) is 30.0 Å². The minimum absolute atomic E-state index is 0.0223. The Kier molecular flexibility index (Phi) is 6.41. The summed E-state index contributed by atoms with van der Waals surface area (Å²) in [6.07, 6.45) is 4.63. The van der Waals surface area contributed by atoms with Crippen LogP contribution in [0.2, 0.25) is 0 Å². The molecule has 0 spiro atoms. The van der Waals surface area contributed by atoms with Crippen molar-refractivity contribution in [2.75, 3.05) is 29.5 Å². The summed E-state index contributed by atoms with van der Waals surface area (Å²) in [5, 5.41) is 0. The van der Waals surface area contributed by atoms with E-state index in [9.17, 15) is 22.8 Å². The summed E-state index contributed by atoms with van der Waals surface area (Å²) >= 11 is 6.48. The Hall–Kier alpha value is -2.77. The Morgan fingerprint density at radius 3 is 2.58 bits per heavy atom. The highest BCUT2D eigenvalue weighted by Crippen LogP contribution is 2.37. The Morgan fingerprint density at radius 1 is 1.22 bits per heavy atom. The average Bonchev–Trinajstić information content (AvgIpc) is 3.32. The van der Waals surface area contributed by atoms with Gasteiger partial charge in [0.2, 0.25) is 5.91 Å². The highest BCUT2D eigenvalue weighted by atomic mass is 32.2. The molecule has 0 aliphatic carbocycles. The lowest BCUT2D eigenvalue weighted by Crippen LogP contribution is -2.40. The molecule has 0 radical (unpaired) electrons. The van der Waals surface area contributed by atoms with Crippen molar-refractivity contribution in [1.82, 2.24) is 14.3 Å². The maximum atomic E-state index is 13.6. The number of fused-ring (bicyclic) bond motifs is 1. The van der Waals surface area contributed by atoms with Crippen LogP contribution in [0.5, 0.6) is 0 Å². The predicted molar refractivity (Wildman–Crippen MR) is 142 cm³/mol. The number of carbonyl (C=O) groups excluding carboxylic acids is 2. The van der Waals surface area contributed by atoms with Gasteiger partial charge in [0, 0.05) is 25.2 Å². The van der Waals surface area contributed by atoms with Crippen molar-refractivity contribution < 1.29 is 18.0 Å². The average molecular weight is 548 g/mol. The fraction of sp³-hybridized carbons (Fsp3) is 0.435. The van der Waals surface area contributed by atoms with Crippen molar-refractivity contribution in [3.63, 3.8) is 0 Å². The Bertz CT molecular complexity index is 1490. The third-order valence-corrected chi connectivity index (χ3v) is 9.94. The van der Waals surface area contributed by atoms with Crippen LogP contribution in [0.25, 0.3) is 11.7 Å². The summed E-state index contributed by atoms with van der Waals surface area (Å²) in [5.41, 5.74) is 6.75. The molecular weight excluding hydrogens is 522 g/mol. The van der Waals surface area contributed by atoms with Crippen molar-refractivity contribution in [1.29, 1.82) is 0 Å². The summed E-state index contributed by atoms with van der Waals surface area (Å²) in [6, 6.07) is 3.13. The molecule has 1 atom stereocenters. The quantitative estimate of drug-likeness (QED) is 0.441. The lowest BCUT2D eigenvalue weighted by atomic mass is 9.96. The second-order valence-corrected chi connectivity index (χ2v) is 13.3. The standard InChI is InChI=1S/C23H25N5O5S3/c1-13-2-3-18-25-20(26-7-4-14(5-8-26)19(24)29)16(21(30)27(18)11-13)10-17-22(31)28(23(34)35-17)15-6-9-36(32,33)12-15/h2-3,10-11,14-15H,4-9,12H2,1H3,(H2,24,29). The van der Waals surface area contributed by atoms with Crippen LogP contribution in [0.1, 0.15) is 30.4 Å². The van der Waals surface area contributed by atoms with E-state index in [0.717, 1.165) is 17.3 Å². The molecule has 5 heterocycles. The molecule has 0 saturated carbocycles. The SMILES string of the molecule is Cc1ccc2nc(N3CCC(C(N)=O)CC3)c(C=C3SC(=S)N(C4CCS(=O)(=O)C4)C3=O)c(=O)n2c1. The van der Waals surface area contributed by atoms with Gasteiger partial charge in [-0.3, -0.25) is 23.7 Å². The molecule has 2 amide bonds. The number of piperidine rings is 1. The van der Waals surface area contributed by atoms with Crippen molar-refractivity contribution in [2.24, 2.45) is 11.7 Å². The summed E-state index contributed by atoms with van der Waals surface area (Å²) in [4.78, 5) is 46.9. The fourth-order valence-electron chi connectivity index (χ4n) is 4.89. The van der Waals surface area contributed by atoms with Gasteiger partial charge in [-0.2, -0.15) is 0 Å². The molecule has 2 N–H and O–H groups in total. The molecule has 2 aromatic rings. The number of nitrogens with zero attached hydrogens (tertiary/aromatic N) is 4. The number of thioether (sulfide) groups is 1. The van der Waals surface area contributed by atoms with E-state index < -0.39 is 21.8 Å². The predicted octanol–water partition coefficient (Wildman–Crippen LogP) is 1.09. The number of hydrogen-bond donors (Lipinski definition) is 1. The fourth-order valence-corrected chi connectivity index (χ4v) is 7.98. The highest BCUT2D eigenvalue weighted by molar-refractivity contribution is 8.26.